The molecule has 7 heteroatoms. The number of hydrogen-bond donors (Lipinski definition) is 1. The minimum Gasteiger partial charge on any atom is -0.497 e. The molecule has 0 fully saturated rings. The first-order chi connectivity index (χ1) is 14.6. The molecule has 0 aliphatic carbocycles. The van der Waals surface area contributed by atoms with Gasteiger partial charge in [-0.15, -0.1) is 0 Å². The number of carbonyl (C=O) groups excluding carboxylic acids is 2. The number of ether oxygens (including phenoxy) is 1. The Kier molecular flexibility index (Phi) is 5.52. The fourth-order valence-corrected chi connectivity index (χ4v) is 3.78. The zero-order valence-corrected chi connectivity index (χ0v) is 16.8. The molecule has 7 nitrogen and oxygen atoms in total. The van der Waals surface area contributed by atoms with Crippen LogP contribution in [0, 0.1) is 0 Å². The van der Waals surface area contributed by atoms with E-state index in [9.17, 15) is 9.59 Å². The van der Waals surface area contributed by atoms with Crippen LogP contribution in [0.25, 0.3) is 5.57 Å². The fraction of sp³-hybridized carbons (Fsp3) is 0.261. The lowest BCUT2D eigenvalue weighted by Gasteiger charge is -2.26. The molecule has 2 heterocycles. The van der Waals surface area contributed by atoms with Crippen LogP contribution in [0.5, 0.6) is 5.75 Å². The van der Waals surface area contributed by atoms with Gasteiger partial charge in [-0.05, 0) is 41.8 Å². The number of nitrogens with two attached hydrogens (primary N) is 1. The quantitative estimate of drug-likeness (QED) is 0.829. The fourth-order valence-electron chi connectivity index (χ4n) is 3.78. The highest BCUT2D eigenvalue weighted by Crippen LogP contribution is 2.27. The van der Waals surface area contributed by atoms with Crippen LogP contribution in [0.1, 0.15) is 18.4 Å². The number of nitrogens with zero attached hydrogens (tertiary/aromatic N) is 3. The summed E-state index contributed by atoms with van der Waals surface area (Å²) in [5.41, 5.74) is 9.01. The summed E-state index contributed by atoms with van der Waals surface area (Å²) >= 11 is 0. The Bertz CT molecular complexity index is 999. The van der Waals surface area contributed by atoms with Crippen LogP contribution in [-0.2, 0) is 9.59 Å². The van der Waals surface area contributed by atoms with Crippen molar-refractivity contribution in [3.05, 3.63) is 66.2 Å². The Labute approximate surface area is 175 Å². The van der Waals surface area contributed by atoms with E-state index in [1.54, 1.807) is 17.0 Å². The smallest absolute Gasteiger partial charge is 0.270 e. The maximum Gasteiger partial charge on any atom is 0.270 e. The number of hydrazone groups is 1. The van der Waals surface area contributed by atoms with Gasteiger partial charge in [-0.2, -0.15) is 5.10 Å². The number of anilines is 1. The van der Waals surface area contributed by atoms with E-state index in [4.69, 9.17) is 10.5 Å². The van der Waals surface area contributed by atoms with Crippen LogP contribution in [0.2, 0.25) is 0 Å². The second kappa shape index (κ2) is 8.41. The number of methoxy groups -OCH3 is 1. The summed E-state index contributed by atoms with van der Waals surface area (Å²) in [5.74, 6) is 0.175. The highest BCUT2D eigenvalue weighted by molar-refractivity contribution is 6.40. The van der Waals surface area contributed by atoms with E-state index in [1.165, 1.54) is 5.57 Å². The minimum atomic E-state index is -0.651. The normalized spacial score (nSPS) is 18.6. The predicted molar refractivity (Wildman–Crippen MR) is 116 cm³/mol. The van der Waals surface area contributed by atoms with Gasteiger partial charge in [0, 0.05) is 19.5 Å². The Balaban J connectivity index is 1.48. The molecule has 0 bridgehead atoms. The van der Waals surface area contributed by atoms with E-state index in [0.29, 0.717) is 18.8 Å². The molecule has 2 aliphatic heterocycles. The van der Waals surface area contributed by atoms with Crippen molar-refractivity contribution < 1.29 is 14.3 Å². The molecule has 2 aromatic carbocycles. The van der Waals surface area contributed by atoms with Gasteiger partial charge in [0.05, 0.1) is 12.8 Å². The van der Waals surface area contributed by atoms with Gasteiger partial charge in [-0.3, -0.25) is 14.6 Å². The molecule has 2 aromatic rings. The number of carbonyl (C=O) groups is 2. The van der Waals surface area contributed by atoms with Crippen LogP contribution in [0.4, 0.5) is 5.69 Å². The monoisotopic (exact) mass is 404 g/mol. The molecule has 0 aromatic heterocycles. The lowest BCUT2D eigenvalue weighted by molar-refractivity contribution is -0.123. The Morgan fingerprint density at radius 1 is 1.10 bits per heavy atom. The van der Waals surface area contributed by atoms with Gasteiger partial charge in [0.2, 0.25) is 5.91 Å². The molecule has 0 spiro atoms. The molecule has 2 aliphatic rings. The van der Waals surface area contributed by atoms with Gasteiger partial charge in [-0.1, -0.05) is 36.4 Å². The molecule has 2 N–H and O–H groups in total. The van der Waals surface area contributed by atoms with Crippen LogP contribution < -0.4 is 15.5 Å². The molecule has 154 valence electrons. The lowest BCUT2D eigenvalue weighted by Crippen LogP contribution is -2.41. The van der Waals surface area contributed by atoms with E-state index in [0.717, 1.165) is 23.4 Å². The standard InChI is InChI=1S/C23H24N4O3/c1-30-19-9-7-16(8-10-19)17-11-13-26(14-12-17)23(29)20-15-21(22(24)28)27(25-20)18-5-3-2-4-6-18/h2-11,21H,12-15H2,1H3,(H2,24,28)/t21-/m1/s1. The lowest BCUT2D eigenvalue weighted by atomic mass is 9.99. The van der Waals surface area contributed by atoms with E-state index >= 15 is 0 Å². The summed E-state index contributed by atoms with van der Waals surface area (Å²) in [6.07, 6.45) is 3.04. The molecule has 0 unspecified atom stereocenters. The van der Waals surface area contributed by atoms with Crippen molar-refractivity contribution >= 4 is 28.8 Å². The van der Waals surface area contributed by atoms with Crippen molar-refractivity contribution in [2.75, 3.05) is 25.2 Å². The van der Waals surface area contributed by atoms with Crippen molar-refractivity contribution in [3.63, 3.8) is 0 Å². The van der Waals surface area contributed by atoms with Gasteiger partial charge in [0.15, 0.2) is 0 Å². The third-order valence-electron chi connectivity index (χ3n) is 5.46. The summed E-state index contributed by atoms with van der Waals surface area (Å²) in [7, 11) is 1.64. The number of benzene rings is 2. The first-order valence-electron chi connectivity index (χ1n) is 9.90. The molecular formula is C23H24N4O3. The second-order valence-corrected chi connectivity index (χ2v) is 7.31. The molecule has 30 heavy (non-hydrogen) atoms. The summed E-state index contributed by atoms with van der Waals surface area (Å²) < 4.78 is 5.21. The zero-order chi connectivity index (χ0) is 21.1. The summed E-state index contributed by atoms with van der Waals surface area (Å²) in [6, 6.07) is 16.6. The van der Waals surface area contributed by atoms with E-state index in [-0.39, 0.29) is 12.3 Å². The Morgan fingerprint density at radius 3 is 2.43 bits per heavy atom. The Hall–Kier alpha value is -3.61. The summed E-state index contributed by atoms with van der Waals surface area (Å²) in [6.45, 7) is 1.11. The van der Waals surface area contributed by atoms with Crippen molar-refractivity contribution in [1.29, 1.82) is 0 Å². The van der Waals surface area contributed by atoms with Crippen molar-refractivity contribution in [3.8, 4) is 5.75 Å². The molecule has 0 saturated carbocycles. The third-order valence-corrected chi connectivity index (χ3v) is 5.46. The average Bonchev–Trinajstić information content (AvgIpc) is 3.25. The SMILES string of the molecule is COc1ccc(C2=CCN(C(=O)C3=NN(c4ccccc4)[C@@H](C(N)=O)C3)CC2)cc1. The molecule has 4 rings (SSSR count). The van der Waals surface area contributed by atoms with Crippen molar-refractivity contribution in [2.45, 2.75) is 18.9 Å². The highest BCUT2D eigenvalue weighted by Gasteiger charge is 2.36. The molecule has 0 saturated heterocycles. The number of amides is 2. The van der Waals surface area contributed by atoms with Crippen LogP contribution in [0.3, 0.4) is 0 Å². The predicted octanol–water partition coefficient (Wildman–Crippen LogP) is 2.43. The van der Waals surface area contributed by atoms with Crippen LogP contribution in [-0.4, -0.2) is 48.7 Å². The Morgan fingerprint density at radius 2 is 1.83 bits per heavy atom. The topological polar surface area (TPSA) is 88.2 Å². The van der Waals surface area contributed by atoms with Gasteiger partial charge >= 0.3 is 0 Å². The highest BCUT2D eigenvalue weighted by atomic mass is 16.5. The number of para-hydroxylation sites is 1. The molecule has 0 radical (unpaired) electrons. The molecule has 1 atom stereocenters. The van der Waals surface area contributed by atoms with E-state index in [1.807, 2.05) is 54.6 Å². The zero-order valence-electron chi connectivity index (χ0n) is 16.8. The number of primary amides is 1. The van der Waals surface area contributed by atoms with Crippen LogP contribution >= 0.6 is 0 Å². The molecule has 2 amide bonds. The van der Waals surface area contributed by atoms with Crippen molar-refractivity contribution in [2.24, 2.45) is 10.8 Å². The summed E-state index contributed by atoms with van der Waals surface area (Å²) in [4.78, 5) is 26.7. The van der Waals surface area contributed by atoms with E-state index in [2.05, 4.69) is 11.2 Å². The van der Waals surface area contributed by atoms with Gasteiger partial charge in [0.1, 0.15) is 17.5 Å². The first-order valence-corrected chi connectivity index (χ1v) is 9.90. The van der Waals surface area contributed by atoms with Gasteiger partial charge in [-0.25, -0.2) is 0 Å². The molecular weight excluding hydrogens is 380 g/mol. The van der Waals surface area contributed by atoms with Gasteiger partial charge in [0.25, 0.3) is 5.91 Å². The average molecular weight is 404 g/mol. The number of hydrogen-bond acceptors (Lipinski definition) is 5. The van der Waals surface area contributed by atoms with Gasteiger partial charge < -0.3 is 15.4 Å². The van der Waals surface area contributed by atoms with Crippen LogP contribution in [0.15, 0.2) is 65.8 Å². The number of rotatable bonds is 5. The first kappa shape index (κ1) is 19.7. The maximum atomic E-state index is 13.0. The third kappa shape index (κ3) is 3.91. The largest absolute Gasteiger partial charge is 0.497 e. The van der Waals surface area contributed by atoms with E-state index < -0.39 is 11.9 Å². The van der Waals surface area contributed by atoms with Crippen molar-refractivity contribution in [1.82, 2.24) is 4.90 Å². The maximum absolute atomic E-state index is 13.0. The second-order valence-electron chi connectivity index (χ2n) is 7.31. The summed E-state index contributed by atoms with van der Waals surface area (Å²) in [5, 5.41) is 6.01. The minimum absolute atomic E-state index is 0.148.